The number of pyridine rings is 1. The molecule has 132 valence electrons. The second-order valence-electron chi connectivity index (χ2n) is 5.51. The summed E-state index contributed by atoms with van der Waals surface area (Å²) < 4.78 is 13.7. The second kappa shape index (κ2) is 6.67. The number of carboxylic acid groups (broad SMARTS) is 1. The highest BCUT2D eigenvalue weighted by molar-refractivity contribution is 6.08. The predicted molar refractivity (Wildman–Crippen MR) is 95.2 cm³/mol. The third kappa shape index (κ3) is 3.25. The number of rotatable bonds is 5. The Hall–Kier alpha value is -3.68. The maximum Gasteiger partial charge on any atom is 0.352 e. The largest absolute Gasteiger partial charge is 0.477 e. The maximum atomic E-state index is 13.7. The molecule has 0 atom stereocenters. The van der Waals surface area contributed by atoms with Crippen LogP contribution in [0.3, 0.4) is 0 Å². The van der Waals surface area contributed by atoms with Crippen LogP contribution in [0.5, 0.6) is 0 Å². The van der Waals surface area contributed by atoms with Gasteiger partial charge in [0, 0.05) is 18.1 Å². The van der Waals surface area contributed by atoms with Gasteiger partial charge in [-0.25, -0.2) is 9.18 Å². The lowest BCUT2D eigenvalue weighted by Crippen LogP contribution is -2.16. The number of anilines is 1. The molecule has 0 spiro atoms. The molecule has 0 saturated carbocycles. The lowest BCUT2D eigenvalue weighted by molar-refractivity contribution is 0.0691. The molecule has 0 amide bonds. The van der Waals surface area contributed by atoms with E-state index in [1.54, 1.807) is 7.05 Å². The molecule has 0 aliphatic rings. The van der Waals surface area contributed by atoms with Gasteiger partial charge in [0.1, 0.15) is 11.5 Å². The fraction of sp³-hybridized carbons (Fsp3) is 0.0556. The highest BCUT2D eigenvalue weighted by Gasteiger charge is 2.12. The Morgan fingerprint density at radius 1 is 1.19 bits per heavy atom. The van der Waals surface area contributed by atoms with Gasteiger partial charge in [0.15, 0.2) is 5.78 Å². The molecule has 0 aliphatic heterocycles. The van der Waals surface area contributed by atoms with E-state index < -0.39 is 23.1 Å². The van der Waals surface area contributed by atoms with Crippen molar-refractivity contribution in [3.05, 3.63) is 69.5 Å². The summed E-state index contributed by atoms with van der Waals surface area (Å²) in [7, 11) is 1.59. The number of aromatic carboxylic acids is 1. The summed E-state index contributed by atoms with van der Waals surface area (Å²) in [4.78, 5) is 40.5. The number of nitrogens with one attached hydrogen (secondary N) is 3. The van der Waals surface area contributed by atoms with Gasteiger partial charge >= 0.3 is 5.97 Å². The van der Waals surface area contributed by atoms with Crippen LogP contribution in [-0.4, -0.2) is 33.9 Å². The molecule has 0 aliphatic carbocycles. The van der Waals surface area contributed by atoms with E-state index >= 15 is 0 Å². The molecular formula is C18H14FN3O4. The molecule has 7 nitrogen and oxygen atoms in total. The van der Waals surface area contributed by atoms with E-state index in [0.29, 0.717) is 22.3 Å². The van der Waals surface area contributed by atoms with Crippen molar-refractivity contribution in [2.75, 3.05) is 12.4 Å². The van der Waals surface area contributed by atoms with E-state index in [1.165, 1.54) is 36.4 Å². The summed E-state index contributed by atoms with van der Waals surface area (Å²) >= 11 is 0. The van der Waals surface area contributed by atoms with Gasteiger partial charge in [0.25, 0.3) is 5.56 Å². The third-order valence-electron chi connectivity index (χ3n) is 3.80. The van der Waals surface area contributed by atoms with Gasteiger partial charge in [-0.3, -0.25) is 9.59 Å². The number of allylic oxidation sites excluding steroid dienone is 1. The number of carbonyl (C=O) groups is 2. The number of halogens is 1. The number of H-pyrrole nitrogens is 2. The van der Waals surface area contributed by atoms with Crippen LogP contribution < -0.4 is 10.9 Å². The standard InChI is InChI=1S/C18H14FN3O4/c1-20-14-8-10(19)6-9-7-12(17(24)22-16(9)14)15(23)5-3-11-2-4-13(21-11)18(25)26/h2-8,20-21H,1H3,(H,22,24)(H,25,26)/b5-3+. The van der Waals surface area contributed by atoms with Crippen molar-refractivity contribution >= 4 is 34.4 Å². The summed E-state index contributed by atoms with van der Waals surface area (Å²) in [5.41, 5.74) is 0.431. The van der Waals surface area contributed by atoms with Crippen molar-refractivity contribution in [2.24, 2.45) is 0 Å². The summed E-state index contributed by atoms with van der Waals surface area (Å²) in [5, 5.41) is 12.0. The zero-order valence-corrected chi connectivity index (χ0v) is 13.6. The van der Waals surface area contributed by atoms with E-state index in [0.717, 1.165) is 6.08 Å². The Morgan fingerprint density at radius 3 is 2.62 bits per heavy atom. The number of aromatic amines is 2. The van der Waals surface area contributed by atoms with Crippen LogP contribution in [0.25, 0.3) is 17.0 Å². The van der Waals surface area contributed by atoms with E-state index in [2.05, 4.69) is 15.3 Å². The SMILES string of the molecule is CNc1cc(F)cc2cc(C(=O)/C=C/c3ccc(C(=O)O)[nH]3)c(=O)[nH]c12. The quantitative estimate of drug-likeness (QED) is 0.415. The number of ketones is 1. The first-order valence-corrected chi connectivity index (χ1v) is 7.58. The smallest absolute Gasteiger partial charge is 0.352 e. The molecule has 0 unspecified atom stereocenters. The van der Waals surface area contributed by atoms with Crippen LogP contribution in [0.2, 0.25) is 0 Å². The molecule has 3 rings (SSSR count). The van der Waals surface area contributed by atoms with Gasteiger partial charge in [-0.2, -0.15) is 0 Å². The monoisotopic (exact) mass is 355 g/mol. The first kappa shape index (κ1) is 17.2. The van der Waals surface area contributed by atoms with Gasteiger partial charge in [-0.15, -0.1) is 0 Å². The fourth-order valence-corrected chi connectivity index (χ4v) is 2.55. The van der Waals surface area contributed by atoms with Gasteiger partial charge in [0.2, 0.25) is 0 Å². The topological polar surface area (TPSA) is 115 Å². The number of hydrogen-bond acceptors (Lipinski definition) is 4. The van der Waals surface area contributed by atoms with Crippen molar-refractivity contribution in [1.29, 1.82) is 0 Å². The summed E-state index contributed by atoms with van der Waals surface area (Å²) in [6.07, 6.45) is 2.51. The number of fused-ring (bicyclic) bond motifs is 1. The van der Waals surface area contributed by atoms with Crippen molar-refractivity contribution < 1.29 is 19.1 Å². The number of carbonyl (C=O) groups excluding carboxylic acids is 1. The van der Waals surface area contributed by atoms with E-state index in [1.807, 2.05) is 0 Å². The molecule has 0 saturated heterocycles. The molecule has 4 N–H and O–H groups in total. The zero-order valence-electron chi connectivity index (χ0n) is 13.6. The molecule has 2 heterocycles. The first-order valence-electron chi connectivity index (χ1n) is 7.58. The summed E-state index contributed by atoms with van der Waals surface area (Å²) in [5.74, 6) is -2.21. The average molecular weight is 355 g/mol. The molecule has 2 aromatic heterocycles. The normalized spacial score (nSPS) is 11.2. The summed E-state index contributed by atoms with van der Waals surface area (Å²) in [6, 6.07) is 6.63. The molecule has 0 radical (unpaired) electrons. The van der Waals surface area contributed by atoms with Gasteiger partial charge in [0.05, 0.1) is 16.8 Å². The molecule has 1 aromatic carbocycles. The average Bonchev–Trinajstić information content (AvgIpc) is 3.08. The fourth-order valence-electron chi connectivity index (χ4n) is 2.55. The second-order valence-corrected chi connectivity index (χ2v) is 5.51. The minimum absolute atomic E-state index is 0.0179. The number of hydrogen-bond donors (Lipinski definition) is 4. The van der Waals surface area contributed by atoms with Gasteiger partial charge in [-0.05, 0) is 42.5 Å². The van der Waals surface area contributed by atoms with Crippen LogP contribution in [0, 0.1) is 5.82 Å². The van der Waals surface area contributed by atoms with Crippen molar-refractivity contribution in [1.82, 2.24) is 9.97 Å². The third-order valence-corrected chi connectivity index (χ3v) is 3.80. The molecule has 0 fully saturated rings. The zero-order chi connectivity index (χ0) is 18.8. The van der Waals surface area contributed by atoms with Crippen molar-refractivity contribution in [2.45, 2.75) is 0 Å². The van der Waals surface area contributed by atoms with E-state index in [9.17, 15) is 18.8 Å². The Labute approximate surface area is 146 Å². The Balaban J connectivity index is 1.97. The van der Waals surface area contributed by atoms with Crippen LogP contribution >= 0.6 is 0 Å². The summed E-state index contributed by atoms with van der Waals surface area (Å²) in [6.45, 7) is 0. The molecule has 8 heteroatoms. The molecule has 0 bridgehead atoms. The maximum absolute atomic E-state index is 13.7. The number of benzene rings is 1. The van der Waals surface area contributed by atoms with Gasteiger partial charge < -0.3 is 20.4 Å². The van der Waals surface area contributed by atoms with Crippen LogP contribution in [0.4, 0.5) is 10.1 Å². The van der Waals surface area contributed by atoms with Crippen LogP contribution in [0.1, 0.15) is 26.5 Å². The highest BCUT2D eigenvalue weighted by Crippen LogP contribution is 2.22. The Kier molecular flexibility index (Phi) is 4.40. The van der Waals surface area contributed by atoms with E-state index in [-0.39, 0.29) is 11.3 Å². The van der Waals surface area contributed by atoms with Crippen LogP contribution in [-0.2, 0) is 0 Å². The minimum atomic E-state index is -1.12. The van der Waals surface area contributed by atoms with Crippen molar-refractivity contribution in [3.8, 4) is 0 Å². The molecule has 3 aromatic rings. The lowest BCUT2D eigenvalue weighted by Gasteiger charge is -2.07. The van der Waals surface area contributed by atoms with Crippen molar-refractivity contribution in [3.63, 3.8) is 0 Å². The van der Waals surface area contributed by atoms with E-state index in [4.69, 9.17) is 5.11 Å². The predicted octanol–water partition coefficient (Wildman–Crippen LogP) is 2.63. The number of aromatic nitrogens is 2. The molecular weight excluding hydrogens is 341 g/mol. The number of carboxylic acids is 1. The van der Waals surface area contributed by atoms with Gasteiger partial charge in [-0.1, -0.05) is 0 Å². The molecule has 26 heavy (non-hydrogen) atoms. The van der Waals surface area contributed by atoms with Crippen LogP contribution in [0.15, 0.2) is 41.2 Å². The minimum Gasteiger partial charge on any atom is -0.477 e. The first-order chi connectivity index (χ1) is 12.4. The Morgan fingerprint density at radius 2 is 1.96 bits per heavy atom. The lowest BCUT2D eigenvalue weighted by atomic mass is 10.1. The highest BCUT2D eigenvalue weighted by atomic mass is 19.1. The Bertz CT molecular complexity index is 1110.